The van der Waals surface area contributed by atoms with Gasteiger partial charge >= 0.3 is 110 Å². The second kappa shape index (κ2) is 6.68. The molecule has 0 amide bonds. The average Bonchev–Trinajstić information content (AvgIpc) is 2.13. The third-order valence-corrected chi connectivity index (χ3v) is 6.04. The van der Waals surface area contributed by atoms with Gasteiger partial charge in [-0.15, -0.1) is 0 Å². The zero-order valence-corrected chi connectivity index (χ0v) is 13.4. The van der Waals surface area contributed by atoms with Crippen molar-refractivity contribution in [3.8, 4) is 0 Å². The molecule has 17 heavy (non-hydrogen) atoms. The molecule has 0 rings (SSSR count). The Hall–Kier alpha value is 0.604. The van der Waals surface area contributed by atoms with Crippen LogP contribution in [0.5, 0.6) is 0 Å². The van der Waals surface area contributed by atoms with E-state index in [0.717, 1.165) is 0 Å². The van der Waals surface area contributed by atoms with Gasteiger partial charge in [0.25, 0.3) is 0 Å². The van der Waals surface area contributed by atoms with E-state index in [4.69, 9.17) is 26.9 Å². The van der Waals surface area contributed by atoms with Crippen LogP contribution in [-0.2, 0) is 38.0 Å². The van der Waals surface area contributed by atoms with Crippen LogP contribution < -0.4 is 0 Å². The Morgan fingerprint density at radius 2 is 1.29 bits per heavy atom. The van der Waals surface area contributed by atoms with Gasteiger partial charge < -0.3 is 0 Å². The summed E-state index contributed by atoms with van der Waals surface area (Å²) in [5.41, 5.74) is 0. The average molecular weight is 309 g/mol. The molecule has 6 nitrogen and oxygen atoms in total. The van der Waals surface area contributed by atoms with E-state index in [1.807, 2.05) is 0 Å². The standard InChI is InChI=1S/C3H8O2.2C3H7O.ClO.O.Ti/c1-3(2)5-4;2*1-3(2)4;1-2;;/h3-4H,1-2H3;2*3H,1-2H3;;;/q;3*-1;;+4/p-1. The SMILES string of the molecule is CC(C)O[O][Ti](=[O])([O]Cl)([O]C(C)C)[O]C(C)C. The molecule has 0 aromatic carbocycles. The predicted molar refractivity (Wildman–Crippen MR) is 57.4 cm³/mol. The van der Waals surface area contributed by atoms with E-state index < -0.39 is 29.0 Å². The summed E-state index contributed by atoms with van der Waals surface area (Å²) in [4.78, 5) is 4.82. The van der Waals surface area contributed by atoms with Crippen molar-refractivity contribution in [1.82, 2.24) is 0 Å². The van der Waals surface area contributed by atoms with Gasteiger partial charge in [0.1, 0.15) is 0 Å². The first-order valence-electron chi connectivity index (χ1n) is 5.51. The van der Waals surface area contributed by atoms with Crippen molar-refractivity contribution in [3.05, 3.63) is 0 Å². The second-order valence-electron chi connectivity index (χ2n) is 4.47. The number of hydrogen-bond donors (Lipinski definition) is 0. The second-order valence-corrected chi connectivity index (χ2v) is 8.95. The van der Waals surface area contributed by atoms with Crippen molar-refractivity contribution < 1.29 is 38.0 Å². The summed E-state index contributed by atoms with van der Waals surface area (Å²) in [5, 5.41) is 0. The zero-order valence-electron chi connectivity index (χ0n) is 11.1. The third kappa shape index (κ3) is 6.36. The Bertz CT molecular complexity index is 277. The zero-order chi connectivity index (χ0) is 13.7. The van der Waals surface area contributed by atoms with Gasteiger partial charge in [-0.3, -0.25) is 0 Å². The molecule has 0 atom stereocenters. The van der Waals surface area contributed by atoms with Crippen LogP contribution in [0.25, 0.3) is 0 Å². The van der Waals surface area contributed by atoms with Gasteiger partial charge in [0.2, 0.25) is 0 Å². The minimum absolute atomic E-state index is 0.342. The molecule has 0 saturated heterocycles. The molecule has 0 heterocycles. The van der Waals surface area contributed by atoms with E-state index >= 15 is 0 Å². The number of rotatable bonds is 8. The molecular formula is C9H21ClO6Ti. The first-order chi connectivity index (χ1) is 7.61. The van der Waals surface area contributed by atoms with Crippen molar-refractivity contribution in [2.75, 3.05) is 0 Å². The molecule has 0 N–H and O–H groups in total. The maximum atomic E-state index is 12.6. The summed E-state index contributed by atoms with van der Waals surface area (Å²) in [6, 6.07) is 0. The van der Waals surface area contributed by atoms with Crippen LogP contribution in [0.1, 0.15) is 41.5 Å². The molecule has 104 valence electrons. The number of hydrogen-bond acceptors (Lipinski definition) is 6. The van der Waals surface area contributed by atoms with Gasteiger partial charge in [0.15, 0.2) is 0 Å². The minimum atomic E-state index is -5.90. The first kappa shape index (κ1) is 17.6. The summed E-state index contributed by atoms with van der Waals surface area (Å²) in [6.45, 7) is 9.99. The molecule has 0 fully saturated rings. The fraction of sp³-hybridized carbons (Fsp3) is 1.00. The van der Waals surface area contributed by atoms with E-state index in [-0.39, 0.29) is 6.10 Å². The fourth-order valence-corrected chi connectivity index (χ4v) is 4.78. The summed E-state index contributed by atoms with van der Waals surface area (Å²) >= 11 is -0.646. The van der Waals surface area contributed by atoms with Crippen molar-refractivity contribution in [3.63, 3.8) is 0 Å². The van der Waals surface area contributed by atoms with E-state index in [1.165, 1.54) is 0 Å². The number of halogens is 1. The molecule has 0 aliphatic heterocycles. The van der Waals surface area contributed by atoms with E-state index in [1.54, 1.807) is 41.5 Å². The first-order valence-corrected chi connectivity index (χ1v) is 9.01. The Balaban J connectivity index is 5.05. The Morgan fingerprint density at radius 1 is 0.882 bits per heavy atom. The van der Waals surface area contributed by atoms with Gasteiger partial charge in [-0.1, -0.05) is 0 Å². The summed E-state index contributed by atoms with van der Waals surface area (Å²) < 4.78 is 32.1. The van der Waals surface area contributed by atoms with Crippen molar-refractivity contribution in [1.29, 1.82) is 0 Å². The van der Waals surface area contributed by atoms with Crippen LogP contribution in [0.15, 0.2) is 0 Å². The third-order valence-electron chi connectivity index (χ3n) is 1.36. The summed E-state index contributed by atoms with van der Waals surface area (Å²) in [5.74, 6) is 0. The molecule has 0 aliphatic rings. The van der Waals surface area contributed by atoms with Crippen LogP contribution in [0, 0.1) is 0 Å². The molecule has 0 unspecified atom stereocenters. The van der Waals surface area contributed by atoms with Crippen LogP contribution in [0.4, 0.5) is 0 Å². The van der Waals surface area contributed by atoms with E-state index in [9.17, 15) is 3.32 Å². The molecule has 0 saturated carbocycles. The fourth-order valence-electron chi connectivity index (χ4n) is 1.06. The monoisotopic (exact) mass is 308 g/mol. The van der Waals surface area contributed by atoms with E-state index in [0.29, 0.717) is 0 Å². The Morgan fingerprint density at radius 3 is 1.53 bits per heavy atom. The van der Waals surface area contributed by atoms with Crippen LogP contribution in [-0.4, -0.2) is 18.3 Å². The van der Waals surface area contributed by atoms with E-state index in [2.05, 4.69) is 2.87 Å². The quantitative estimate of drug-likeness (QED) is 0.390. The van der Waals surface area contributed by atoms with Gasteiger partial charge in [-0.25, -0.2) is 0 Å². The van der Waals surface area contributed by atoms with Crippen molar-refractivity contribution in [2.24, 2.45) is 0 Å². The molecule has 0 aromatic rings. The summed E-state index contributed by atoms with van der Waals surface area (Å²) in [7, 11) is 0. The molecule has 8 heteroatoms. The Kier molecular flexibility index (Phi) is 6.92. The van der Waals surface area contributed by atoms with Crippen molar-refractivity contribution in [2.45, 2.75) is 59.9 Å². The van der Waals surface area contributed by atoms with Gasteiger partial charge in [0.05, 0.1) is 0 Å². The molecule has 0 bridgehead atoms. The van der Waals surface area contributed by atoms with Crippen LogP contribution >= 0.6 is 11.9 Å². The van der Waals surface area contributed by atoms with Gasteiger partial charge in [0, 0.05) is 0 Å². The Labute approximate surface area is 110 Å². The predicted octanol–water partition coefficient (Wildman–Crippen LogP) is 3.06. The molecular weight excluding hydrogens is 287 g/mol. The maximum absolute atomic E-state index is 12.6. The topological polar surface area (TPSA) is 63.2 Å². The van der Waals surface area contributed by atoms with Crippen molar-refractivity contribution >= 4 is 11.9 Å². The summed E-state index contributed by atoms with van der Waals surface area (Å²) in [6.07, 6.45) is -1.26. The van der Waals surface area contributed by atoms with Gasteiger partial charge in [-0.2, -0.15) is 0 Å². The molecule has 0 aliphatic carbocycles. The normalized spacial score (nSPS) is 14.1. The van der Waals surface area contributed by atoms with Gasteiger partial charge in [-0.05, 0) is 0 Å². The molecule has 0 spiro atoms. The van der Waals surface area contributed by atoms with Crippen LogP contribution in [0.3, 0.4) is 0 Å². The molecule has 0 radical (unpaired) electrons. The van der Waals surface area contributed by atoms with Crippen LogP contribution in [0.2, 0.25) is 0 Å². The molecule has 0 aromatic heterocycles.